The molecule has 0 N–H and O–H groups in total. The van der Waals surface area contributed by atoms with Gasteiger partial charge in [0, 0.05) is 19.3 Å². The van der Waals surface area contributed by atoms with E-state index in [1.807, 2.05) is 6.92 Å². The zero-order valence-electron chi connectivity index (χ0n) is 7.54. The minimum Gasteiger partial charge on any atom is -0.462 e. The first kappa shape index (κ1) is 9.52. The summed E-state index contributed by atoms with van der Waals surface area (Å²) in [5, 5.41) is 0. The fraction of sp³-hybridized carbons (Fsp3) is 0.889. The summed E-state index contributed by atoms with van der Waals surface area (Å²) in [7, 11) is 0. The maximum absolute atomic E-state index is 11.0. The van der Waals surface area contributed by atoms with E-state index in [4.69, 9.17) is 9.47 Å². The predicted molar refractivity (Wildman–Crippen MR) is 44.8 cm³/mol. The normalized spacial score (nSPS) is 19.1. The average Bonchev–Trinajstić information content (AvgIpc) is 2.06. The summed E-state index contributed by atoms with van der Waals surface area (Å²) in [6.45, 7) is 3.43. The Morgan fingerprint density at radius 1 is 1.50 bits per heavy atom. The molecule has 1 heterocycles. The quantitative estimate of drug-likeness (QED) is 0.605. The van der Waals surface area contributed by atoms with Gasteiger partial charge in [0.2, 0.25) is 0 Å². The Bertz CT molecular complexity index is 139. The van der Waals surface area contributed by atoms with Crippen molar-refractivity contribution in [1.29, 1.82) is 0 Å². The molecule has 0 saturated carbocycles. The number of hydrogen-bond donors (Lipinski definition) is 0. The fourth-order valence-electron chi connectivity index (χ4n) is 1.24. The number of ether oxygens (including phenoxy) is 2. The summed E-state index contributed by atoms with van der Waals surface area (Å²) in [5.41, 5.74) is 0. The van der Waals surface area contributed by atoms with Crippen molar-refractivity contribution in [2.75, 3.05) is 13.2 Å². The highest BCUT2D eigenvalue weighted by Crippen LogP contribution is 2.11. The van der Waals surface area contributed by atoms with Crippen LogP contribution in [0.4, 0.5) is 0 Å². The zero-order chi connectivity index (χ0) is 8.81. The molecule has 0 atom stereocenters. The molecule has 0 aliphatic carbocycles. The van der Waals surface area contributed by atoms with Crippen molar-refractivity contribution in [2.45, 2.75) is 38.7 Å². The molecule has 1 aliphatic heterocycles. The van der Waals surface area contributed by atoms with Crippen molar-refractivity contribution in [3.05, 3.63) is 0 Å². The molecule has 1 aliphatic rings. The van der Waals surface area contributed by atoms with Gasteiger partial charge in [0.25, 0.3) is 0 Å². The largest absolute Gasteiger partial charge is 0.462 e. The smallest absolute Gasteiger partial charge is 0.306 e. The Morgan fingerprint density at radius 3 is 2.75 bits per heavy atom. The van der Waals surface area contributed by atoms with E-state index < -0.39 is 0 Å². The van der Waals surface area contributed by atoms with Crippen LogP contribution in [0.15, 0.2) is 0 Å². The van der Waals surface area contributed by atoms with E-state index in [0.29, 0.717) is 6.42 Å². The fourth-order valence-corrected chi connectivity index (χ4v) is 1.24. The standard InChI is InChI=1S/C9H16O3/c1-2-3-9(10)12-8-4-6-11-7-5-8/h8H,2-7H2,1H3. The molecule has 1 saturated heterocycles. The first-order valence-electron chi connectivity index (χ1n) is 4.60. The van der Waals surface area contributed by atoms with E-state index in [9.17, 15) is 4.79 Å². The molecule has 3 heteroatoms. The molecule has 0 radical (unpaired) electrons. The van der Waals surface area contributed by atoms with Gasteiger partial charge in [0.15, 0.2) is 0 Å². The maximum atomic E-state index is 11.0. The number of rotatable bonds is 3. The second-order valence-corrected chi connectivity index (χ2v) is 3.05. The van der Waals surface area contributed by atoms with Crippen molar-refractivity contribution in [2.24, 2.45) is 0 Å². The molecule has 0 amide bonds. The van der Waals surface area contributed by atoms with E-state index in [1.54, 1.807) is 0 Å². The molecule has 1 rings (SSSR count). The Balaban J connectivity index is 2.15. The van der Waals surface area contributed by atoms with E-state index in [2.05, 4.69) is 0 Å². The van der Waals surface area contributed by atoms with Gasteiger partial charge in [-0.3, -0.25) is 4.79 Å². The number of esters is 1. The average molecular weight is 172 g/mol. The van der Waals surface area contributed by atoms with Gasteiger partial charge in [-0.1, -0.05) is 6.92 Å². The lowest BCUT2D eigenvalue weighted by Gasteiger charge is -2.21. The van der Waals surface area contributed by atoms with Gasteiger partial charge in [0.05, 0.1) is 13.2 Å². The molecular formula is C9H16O3. The third-order valence-electron chi connectivity index (χ3n) is 1.92. The molecule has 0 unspecified atom stereocenters. The van der Waals surface area contributed by atoms with Gasteiger partial charge in [-0.05, 0) is 6.42 Å². The minimum absolute atomic E-state index is 0.0654. The van der Waals surface area contributed by atoms with Gasteiger partial charge < -0.3 is 9.47 Å². The van der Waals surface area contributed by atoms with E-state index in [-0.39, 0.29) is 12.1 Å². The highest BCUT2D eigenvalue weighted by atomic mass is 16.5. The SMILES string of the molecule is CCCC(=O)OC1CCOCC1. The summed E-state index contributed by atoms with van der Waals surface area (Å²) < 4.78 is 10.4. The zero-order valence-corrected chi connectivity index (χ0v) is 7.54. The van der Waals surface area contributed by atoms with Crippen LogP contribution in [0.3, 0.4) is 0 Å². The lowest BCUT2D eigenvalue weighted by atomic mass is 10.1. The highest BCUT2D eigenvalue weighted by molar-refractivity contribution is 5.69. The van der Waals surface area contributed by atoms with Crippen LogP contribution < -0.4 is 0 Å². The number of carbonyl (C=O) groups excluding carboxylic acids is 1. The second kappa shape index (κ2) is 5.14. The molecule has 0 aromatic rings. The summed E-state index contributed by atoms with van der Waals surface area (Å²) in [6.07, 6.45) is 3.22. The molecule has 1 fully saturated rings. The van der Waals surface area contributed by atoms with Crippen LogP contribution in [0.1, 0.15) is 32.6 Å². The molecule has 0 aromatic carbocycles. The van der Waals surface area contributed by atoms with Crippen molar-refractivity contribution in [3.63, 3.8) is 0 Å². The van der Waals surface area contributed by atoms with Gasteiger partial charge in [0.1, 0.15) is 6.10 Å². The van der Waals surface area contributed by atoms with Gasteiger partial charge >= 0.3 is 5.97 Å². The Hall–Kier alpha value is -0.570. The van der Waals surface area contributed by atoms with Crippen LogP contribution in [-0.2, 0) is 14.3 Å². The third kappa shape index (κ3) is 3.22. The molecule has 70 valence electrons. The first-order chi connectivity index (χ1) is 5.83. The first-order valence-corrected chi connectivity index (χ1v) is 4.60. The van der Waals surface area contributed by atoms with Crippen molar-refractivity contribution in [1.82, 2.24) is 0 Å². The van der Waals surface area contributed by atoms with Crippen molar-refractivity contribution >= 4 is 5.97 Å². The Morgan fingerprint density at radius 2 is 2.17 bits per heavy atom. The van der Waals surface area contributed by atoms with Crippen molar-refractivity contribution < 1.29 is 14.3 Å². The molecule has 0 bridgehead atoms. The summed E-state index contributed by atoms with van der Waals surface area (Å²) >= 11 is 0. The number of carbonyl (C=O) groups is 1. The van der Waals surface area contributed by atoms with Crippen LogP contribution in [0, 0.1) is 0 Å². The van der Waals surface area contributed by atoms with Crippen LogP contribution in [-0.4, -0.2) is 25.3 Å². The number of hydrogen-bond acceptors (Lipinski definition) is 3. The Labute approximate surface area is 73.0 Å². The highest BCUT2D eigenvalue weighted by Gasteiger charge is 2.17. The Kier molecular flexibility index (Phi) is 4.08. The molecular weight excluding hydrogens is 156 g/mol. The molecule has 3 nitrogen and oxygen atoms in total. The van der Waals surface area contributed by atoms with Crippen LogP contribution in [0.2, 0.25) is 0 Å². The molecule has 0 aromatic heterocycles. The van der Waals surface area contributed by atoms with E-state index in [0.717, 1.165) is 32.5 Å². The summed E-state index contributed by atoms with van der Waals surface area (Å²) in [4.78, 5) is 11.0. The molecule has 0 spiro atoms. The topological polar surface area (TPSA) is 35.5 Å². The van der Waals surface area contributed by atoms with Gasteiger partial charge in [-0.15, -0.1) is 0 Å². The van der Waals surface area contributed by atoms with Crippen molar-refractivity contribution in [3.8, 4) is 0 Å². The van der Waals surface area contributed by atoms with Gasteiger partial charge in [-0.2, -0.15) is 0 Å². The lowest BCUT2D eigenvalue weighted by molar-refractivity contribution is -0.153. The second-order valence-electron chi connectivity index (χ2n) is 3.05. The lowest BCUT2D eigenvalue weighted by Crippen LogP contribution is -2.25. The monoisotopic (exact) mass is 172 g/mol. The molecule has 12 heavy (non-hydrogen) atoms. The maximum Gasteiger partial charge on any atom is 0.306 e. The van der Waals surface area contributed by atoms with Crippen LogP contribution in [0.25, 0.3) is 0 Å². The predicted octanol–water partition coefficient (Wildman–Crippen LogP) is 1.51. The van der Waals surface area contributed by atoms with E-state index >= 15 is 0 Å². The van der Waals surface area contributed by atoms with Crippen LogP contribution >= 0.6 is 0 Å². The summed E-state index contributed by atoms with van der Waals surface area (Å²) in [6, 6.07) is 0. The summed E-state index contributed by atoms with van der Waals surface area (Å²) in [5.74, 6) is -0.0654. The van der Waals surface area contributed by atoms with Crippen LogP contribution in [0.5, 0.6) is 0 Å². The third-order valence-corrected chi connectivity index (χ3v) is 1.92. The minimum atomic E-state index is -0.0654. The van der Waals surface area contributed by atoms with Gasteiger partial charge in [-0.25, -0.2) is 0 Å². The van der Waals surface area contributed by atoms with E-state index in [1.165, 1.54) is 0 Å².